The molecule has 0 bridgehead atoms. The summed E-state index contributed by atoms with van der Waals surface area (Å²) in [7, 11) is 0. The first-order valence-electron chi connectivity index (χ1n) is 6.97. The quantitative estimate of drug-likeness (QED) is 0.928. The number of carbonyl (C=O) groups excluding carboxylic acids is 1. The summed E-state index contributed by atoms with van der Waals surface area (Å²) in [6.45, 7) is 3.19. The number of amides is 1. The predicted molar refractivity (Wildman–Crippen MR) is 78.9 cm³/mol. The molecule has 2 rings (SSSR count). The number of hydrogen-bond acceptors (Lipinski definition) is 3. The third kappa shape index (κ3) is 3.88. The molecule has 0 spiro atoms. The van der Waals surface area contributed by atoms with Crippen LogP contribution in [0.1, 0.15) is 36.5 Å². The molecule has 6 heteroatoms. The monoisotopic (exact) mass is 311 g/mol. The van der Waals surface area contributed by atoms with Crippen molar-refractivity contribution < 1.29 is 19.4 Å². The van der Waals surface area contributed by atoms with E-state index >= 15 is 0 Å². The highest BCUT2D eigenvalue weighted by atomic mass is 35.5. The molecule has 0 radical (unpaired) electrons. The summed E-state index contributed by atoms with van der Waals surface area (Å²) in [5.74, 6) is -0.864. The lowest BCUT2D eigenvalue weighted by molar-refractivity contribution is -0.138. The standard InChI is InChI=1S/C15H18ClNO4/c1-10(14(18)17-7-3-2-4-8-17)21-11-5-6-13(16)12(9-11)15(19)20/h5-6,9-10H,2-4,7-8H2,1H3,(H,19,20). The lowest BCUT2D eigenvalue weighted by atomic mass is 10.1. The molecule has 1 aliphatic heterocycles. The number of hydrogen-bond donors (Lipinski definition) is 1. The van der Waals surface area contributed by atoms with E-state index in [0.717, 1.165) is 32.4 Å². The Bertz CT molecular complexity index is 540. The van der Waals surface area contributed by atoms with Crippen molar-refractivity contribution in [1.82, 2.24) is 4.90 Å². The molecule has 1 aromatic carbocycles. The van der Waals surface area contributed by atoms with Crippen molar-refractivity contribution in [3.63, 3.8) is 0 Å². The topological polar surface area (TPSA) is 66.8 Å². The smallest absolute Gasteiger partial charge is 0.337 e. The summed E-state index contributed by atoms with van der Waals surface area (Å²) in [5, 5.41) is 9.17. The number of nitrogens with zero attached hydrogens (tertiary/aromatic N) is 1. The molecule has 1 unspecified atom stereocenters. The van der Waals surface area contributed by atoms with Gasteiger partial charge < -0.3 is 14.7 Å². The van der Waals surface area contributed by atoms with Gasteiger partial charge in [0.05, 0.1) is 10.6 Å². The number of ether oxygens (including phenoxy) is 1. The minimum atomic E-state index is -1.12. The fourth-order valence-electron chi connectivity index (χ4n) is 2.37. The van der Waals surface area contributed by atoms with Gasteiger partial charge >= 0.3 is 5.97 Å². The molecule has 114 valence electrons. The minimum Gasteiger partial charge on any atom is -0.481 e. The van der Waals surface area contributed by atoms with Gasteiger partial charge in [0, 0.05) is 13.1 Å². The molecule has 1 saturated heterocycles. The maximum Gasteiger partial charge on any atom is 0.337 e. The van der Waals surface area contributed by atoms with Crippen molar-refractivity contribution >= 4 is 23.5 Å². The predicted octanol–water partition coefficient (Wildman–Crippen LogP) is 2.82. The highest BCUT2D eigenvalue weighted by molar-refractivity contribution is 6.33. The van der Waals surface area contributed by atoms with E-state index in [4.69, 9.17) is 21.4 Å². The third-order valence-electron chi connectivity index (χ3n) is 3.50. The fourth-order valence-corrected chi connectivity index (χ4v) is 2.57. The second kappa shape index (κ2) is 6.80. The molecular weight excluding hydrogens is 294 g/mol. The van der Waals surface area contributed by atoms with Crippen LogP contribution in [0.2, 0.25) is 5.02 Å². The van der Waals surface area contributed by atoms with Crippen molar-refractivity contribution in [1.29, 1.82) is 0 Å². The van der Waals surface area contributed by atoms with Crippen molar-refractivity contribution in [3.8, 4) is 5.75 Å². The van der Waals surface area contributed by atoms with Crippen LogP contribution in [0.3, 0.4) is 0 Å². The molecule has 1 fully saturated rings. The number of carbonyl (C=O) groups is 2. The van der Waals surface area contributed by atoms with E-state index in [1.54, 1.807) is 17.9 Å². The van der Waals surface area contributed by atoms with Crippen LogP contribution in [-0.4, -0.2) is 41.1 Å². The van der Waals surface area contributed by atoms with Gasteiger partial charge in [-0.25, -0.2) is 4.79 Å². The van der Waals surface area contributed by atoms with Gasteiger partial charge in [0.1, 0.15) is 5.75 Å². The van der Waals surface area contributed by atoms with E-state index in [1.807, 2.05) is 0 Å². The zero-order valence-corrected chi connectivity index (χ0v) is 12.6. The third-order valence-corrected chi connectivity index (χ3v) is 3.83. The average Bonchev–Trinajstić information content (AvgIpc) is 2.49. The zero-order chi connectivity index (χ0) is 15.4. The number of likely N-dealkylation sites (tertiary alicyclic amines) is 1. The second-order valence-corrected chi connectivity index (χ2v) is 5.50. The summed E-state index contributed by atoms with van der Waals surface area (Å²) >= 11 is 5.80. The molecule has 1 heterocycles. The first-order chi connectivity index (χ1) is 9.99. The number of benzene rings is 1. The van der Waals surface area contributed by atoms with Gasteiger partial charge in [0.25, 0.3) is 5.91 Å². The maximum atomic E-state index is 12.2. The Balaban J connectivity index is 2.05. The van der Waals surface area contributed by atoms with E-state index in [9.17, 15) is 9.59 Å². The summed E-state index contributed by atoms with van der Waals surface area (Å²) in [6.07, 6.45) is 2.54. The molecular formula is C15H18ClNO4. The Morgan fingerprint density at radius 1 is 1.29 bits per heavy atom. The highest BCUT2D eigenvalue weighted by Crippen LogP contribution is 2.23. The van der Waals surface area contributed by atoms with Crippen LogP contribution in [0, 0.1) is 0 Å². The van der Waals surface area contributed by atoms with Gasteiger partial charge in [-0.1, -0.05) is 11.6 Å². The van der Waals surface area contributed by atoms with Crippen LogP contribution in [0.5, 0.6) is 5.75 Å². The Morgan fingerprint density at radius 3 is 2.57 bits per heavy atom. The normalized spacial score (nSPS) is 16.4. The average molecular weight is 312 g/mol. The van der Waals surface area contributed by atoms with Crippen LogP contribution in [0.25, 0.3) is 0 Å². The van der Waals surface area contributed by atoms with E-state index in [2.05, 4.69) is 0 Å². The second-order valence-electron chi connectivity index (χ2n) is 5.09. The molecule has 1 aliphatic rings. The highest BCUT2D eigenvalue weighted by Gasteiger charge is 2.23. The number of halogens is 1. The van der Waals surface area contributed by atoms with Crippen LogP contribution in [-0.2, 0) is 4.79 Å². The molecule has 1 N–H and O–H groups in total. The number of carboxylic acids is 1. The molecule has 0 aliphatic carbocycles. The van der Waals surface area contributed by atoms with Crippen LogP contribution in [0.15, 0.2) is 18.2 Å². The molecule has 0 aromatic heterocycles. The summed E-state index contributed by atoms with van der Waals surface area (Å²) in [4.78, 5) is 25.1. The zero-order valence-electron chi connectivity index (χ0n) is 11.8. The van der Waals surface area contributed by atoms with Gasteiger partial charge in [0.15, 0.2) is 6.10 Å². The minimum absolute atomic E-state index is 0.0354. The molecule has 1 atom stereocenters. The number of aromatic carboxylic acids is 1. The molecule has 5 nitrogen and oxygen atoms in total. The van der Waals surface area contributed by atoms with E-state index in [1.165, 1.54) is 12.1 Å². The fraction of sp³-hybridized carbons (Fsp3) is 0.467. The molecule has 1 amide bonds. The van der Waals surface area contributed by atoms with Crippen LogP contribution >= 0.6 is 11.6 Å². The maximum absolute atomic E-state index is 12.2. The number of carboxylic acid groups (broad SMARTS) is 1. The van der Waals surface area contributed by atoms with Gasteiger partial charge in [-0.3, -0.25) is 4.79 Å². The molecule has 21 heavy (non-hydrogen) atoms. The Morgan fingerprint density at radius 2 is 1.95 bits per heavy atom. The van der Waals surface area contributed by atoms with E-state index < -0.39 is 12.1 Å². The molecule has 1 aromatic rings. The van der Waals surface area contributed by atoms with Gasteiger partial charge in [-0.15, -0.1) is 0 Å². The number of piperidine rings is 1. The lowest BCUT2D eigenvalue weighted by Gasteiger charge is -2.29. The van der Waals surface area contributed by atoms with Crippen LogP contribution in [0.4, 0.5) is 0 Å². The van der Waals surface area contributed by atoms with Gasteiger partial charge in [0.2, 0.25) is 0 Å². The van der Waals surface area contributed by atoms with Gasteiger partial charge in [-0.05, 0) is 44.4 Å². The summed E-state index contributed by atoms with van der Waals surface area (Å²) in [6, 6.07) is 4.36. The Labute approximate surface area is 128 Å². The summed E-state index contributed by atoms with van der Waals surface area (Å²) < 4.78 is 5.56. The van der Waals surface area contributed by atoms with E-state index in [-0.39, 0.29) is 16.5 Å². The lowest BCUT2D eigenvalue weighted by Crippen LogP contribution is -2.43. The van der Waals surface area contributed by atoms with Crippen molar-refractivity contribution in [3.05, 3.63) is 28.8 Å². The number of rotatable bonds is 4. The Kier molecular flexibility index (Phi) is 5.07. The van der Waals surface area contributed by atoms with Crippen molar-refractivity contribution in [2.45, 2.75) is 32.3 Å². The molecule has 0 saturated carbocycles. The van der Waals surface area contributed by atoms with Gasteiger partial charge in [-0.2, -0.15) is 0 Å². The van der Waals surface area contributed by atoms with E-state index in [0.29, 0.717) is 5.75 Å². The largest absolute Gasteiger partial charge is 0.481 e. The van der Waals surface area contributed by atoms with Crippen molar-refractivity contribution in [2.75, 3.05) is 13.1 Å². The first-order valence-corrected chi connectivity index (χ1v) is 7.35. The SMILES string of the molecule is CC(Oc1ccc(Cl)c(C(=O)O)c1)C(=O)N1CCCCC1. The first kappa shape index (κ1) is 15.6. The Hall–Kier alpha value is -1.75. The van der Waals surface area contributed by atoms with Crippen molar-refractivity contribution in [2.24, 2.45) is 0 Å². The van der Waals surface area contributed by atoms with Crippen LogP contribution < -0.4 is 4.74 Å². The summed E-state index contributed by atoms with van der Waals surface area (Å²) in [5.41, 5.74) is -0.0354.